The van der Waals surface area contributed by atoms with E-state index < -0.39 is 0 Å². The summed E-state index contributed by atoms with van der Waals surface area (Å²) in [7, 11) is 0. The van der Waals surface area contributed by atoms with Crippen molar-refractivity contribution in [1.82, 2.24) is 0 Å². The van der Waals surface area contributed by atoms with Gasteiger partial charge >= 0.3 is 0 Å². The second-order valence-corrected chi connectivity index (χ2v) is 5.08. The number of allylic oxidation sites excluding steroid dienone is 2. The van der Waals surface area contributed by atoms with Crippen LogP contribution in [0.2, 0.25) is 0 Å². The van der Waals surface area contributed by atoms with E-state index in [-0.39, 0.29) is 0 Å². The zero-order valence-electron chi connectivity index (χ0n) is 11.0. The van der Waals surface area contributed by atoms with E-state index in [1.165, 1.54) is 36.8 Å². The molecule has 0 aliphatic heterocycles. The van der Waals surface area contributed by atoms with Gasteiger partial charge in [0.05, 0.1) is 0 Å². The fourth-order valence-electron chi connectivity index (χ4n) is 2.68. The van der Waals surface area contributed by atoms with Crippen molar-refractivity contribution in [3.63, 3.8) is 0 Å². The van der Waals surface area contributed by atoms with Crippen LogP contribution < -0.4 is 0 Å². The van der Waals surface area contributed by atoms with Gasteiger partial charge in [-0.1, -0.05) is 31.1 Å². The molecule has 0 aromatic heterocycles. The van der Waals surface area contributed by atoms with Gasteiger partial charge in [-0.05, 0) is 67.9 Å². The highest BCUT2D eigenvalue weighted by Gasteiger charge is 2.20. The van der Waals surface area contributed by atoms with E-state index in [2.05, 4.69) is 39.8 Å². The van der Waals surface area contributed by atoms with Gasteiger partial charge in [-0.15, -0.1) is 0 Å². The van der Waals surface area contributed by atoms with Gasteiger partial charge in [-0.2, -0.15) is 0 Å². The highest BCUT2D eigenvalue weighted by atomic mass is 14.2. The summed E-state index contributed by atoms with van der Waals surface area (Å²) in [5.41, 5.74) is 9.28. The molecule has 0 radical (unpaired) electrons. The fraction of sp³-hybridized carbons (Fsp3) is 0.500. The zero-order valence-corrected chi connectivity index (χ0v) is 11.0. The van der Waals surface area contributed by atoms with E-state index in [0.717, 1.165) is 0 Å². The maximum atomic E-state index is 2.34. The van der Waals surface area contributed by atoms with Gasteiger partial charge < -0.3 is 0 Å². The summed E-state index contributed by atoms with van der Waals surface area (Å²) in [5, 5.41) is 0. The fourth-order valence-corrected chi connectivity index (χ4v) is 2.68. The molecular weight excluding hydrogens is 192 g/mol. The number of benzene rings is 1. The molecule has 0 saturated heterocycles. The summed E-state index contributed by atoms with van der Waals surface area (Å²) in [6.45, 7) is 9.07. The van der Waals surface area contributed by atoms with Crippen molar-refractivity contribution in [2.45, 2.75) is 53.4 Å². The third-order valence-electron chi connectivity index (χ3n) is 3.89. The number of rotatable bonds is 3. The molecule has 86 valence electrons. The molecule has 0 spiro atoms. The van der Waals surface area contributed by atoms with Crippen LogP contribution in [0.5, 0.6) is 0 Å². The van der Waals surface area contributed by atoms with Crippen molar-refractivity contribution in [2.75, 3.05) is 0 Å². The van der Waals surface area contributed by atoms with Crippen LogP contribution in [0.15, 0.2) is 17.7 Å². The van der Waals surface area contributed by atoms with E-state index >= 15 is 0 Å². The first-order valence-electron chi connectivity index (χ1n) is 6.43. The van der Waals surface area contributed by atoms with Crippen LogP contribution >= 0.6 is 0 Å². The van der Waals surface area contributed by atoms with Crippen molar-refractivity contribution >= 4 is 5.57 Å². The molecule has 0 heteroatoms. The van der Waals surface area contributed by atoms with Crippen molar-refractivity contribution < 1.29 is 0 Å². The molecule has 1 aromatic carbocycles. The second kappa shape index (κ2) is 4.45. The highest BCUT2D eigenvalue weighted by Crippen LogP contribution is 2.37. The quantitative estimate of drug-likeness (QED) is 0.685. The van der Waals surface area contributed by atoms with Crippen LogP contribution in [0.1, 0.15) is 55.9 Å². The number of hydrogen-bond acceptors (Lipinski definition) is 0. The molecule has 0 fully saturated rings. The molecule has 1 aliphatic carbocycles. The molecule has 0 heterocycles. The molecule has 1 aliphatic rings. The summed E-state index contributed by atoms with van der Waals surface area (Å²) >= 11 is 0. The SMILES string of the molecule is CCCCc1ccc(C)c2c1C(C)=C(C)C2. The molecule has 0 unspecified atom stereocenters. The maximum absolute atomic E-state index is 2.34. The third kappa shape index (κ3) is 1.81. The summed E-state index contributed by atoms with van der Waals surface area (Å²) in [5.74, 6) is 0. The van der Waals surface area contributed by atoms with Crippen molar-refractivity contribution in [3.05, 3.63) is 40.0 Å². The molecule has 16 heavy (non-hydrogen) atoms. The lowest BCUT2D eigenvalue weighted by Crippen LogP contribution is -1.96. The highest BCUT2D eigenvalue weighted by molar-refractivity contribution is 5.78. The molecule has 0 bridgehead atoms. The van der Waals surface area contributed by atoms with Crippen LogP contribution in [0.3, 0.4) is 0 Å². The van der Waals surface area contributed by atoms with E-state index in [4.69, 9.17) is 0 Å². The first-order valence-corrected chi connectivity index (χ1v) is 6.43. The normalized spacial score (nSPS) is 14.5. The van der Waals surface area contributed by atoms with Crippen molar-refractivity contribution in [2.24, 2.45) is 0 Å². The molecule has 0 atom stereocenters. The summed E-state index contributed by atoms with van der Waals surface area (Å²) in [4.78, 5) is 0. The smallest absolute Gasteiger partial charge is 0.00552 e. The van der Waals surface area contributed by atoms with Crippen molar-refractivity contribution in [1.29, 1.82) is 0 Å². The molecule has 0 saturated carbocycles. The van der Waals surface area contributed by atoms with Crippen molar-refractivity contribution in [3.8, 4) is 0 Å². The molecule has 0 nitrogen and oxygen atoms in total. The van der Waals surface area contributed by atoms with Crippen LogP contribution in [-0.4, -0.2) is 0 Å². The first-order chi connectivity index (χ1) is 7.65. The van der Waals surface area contributed by atoms with Gasteiger partial charge in [0.15, 0.2) is 0 Å². The Kier molecular flexibility index (Phi) is 3.18. The van der Waals surface area contributed by atoms with Crippen LogP contribution in [0.4, 0.5) is 0 Å². The minimum atomic E-state index is 1.17. The lowest BCUT2D eigenvalue weighted by Gasteiger charge is -2.12. The maximum Gasteiger partial charge on any atom is -0.00552 e. The number of aryl methyl sites for hydroxylation is 2. The minimum Gasteiger partial charge on any atom is -0.0654 e. The largest absolute Gasteiger partial charge is 0.0654 e. The second-order valence-electron chi connectivity index (χ2n) is 5.08. The van der Waals surface area contributed by atoms with Gasteiger partial charge in [0.2, 0.25) is 0 Å². The number of hydrogen-bond donors (Lipinski definition) is 0. The van der Waals surface area contributed by atoms with E-state index in [0.29, 0.717) is 0 Å². The van der Waals surface area contributed by atoms with Gasteiger partial charge in [0, 0.05) is 0 Å². The van der Waals surface area contributed by atoms with Crippen LogP contribution in [0.25, 0.3) is 5.57 Å². The molecule has 2 rings (SSSR count). The summed E-state index contributed by atoms with van der Waals surface area (Å²) < 4.78 is 0. The minimum absolute atomic E-state index is 1.17. The van der Waals surface area contributed by atoms with Crippen LogP contribution in [-0.2, 0) is 12.8 Å². The lowest BCUT2D eigenvalue weighted by molar-refractivity contribution is 0.792. The Morgan fingerprint density at radius 3 is 2.56 bits per heavy atom. The average molecular weight is 214 g/mol. The Morgan fingerprint density at radius 2 is 1.88 bits per heavy atom. The summed E-state index contributed by atoms with van der Waals surface area (Å²) in [6, 6.07) is 4.64. The zero-order chi connectivity index (χ0) is 11.7. The lowest BCUT2D eigenvalue weighted by atomic mass is 9.93. The third-order valence-corrected chi connectivity index (χ3v) is 3.89. The Morgan fingerprint density at radius 1 is 1.12 bits per heavy atom. The number of fused-ring (bicyclic) bond motifs is 1. The standard InChI is InChI=1S/C16H22/c1-5-6-7-14-9-8-11(2)15-10-12(3)13(4)16(14)15/h8-9H,5-7,10H2,1-4H3. The molecule has 0 N–H and O–H groups in total. The van der Waals surface area contributed by atoms with E-state index in [9.17, 15) is 0 Å². The first kappa shape index (κ1) is 11.4. The Bertz CT molecular complexity index is 436. The van der Waals surface area contributed by atoms with Crippen LogP contribution in [0, 0.1) is 6.92 Å². The molecular formula is C16H22. The topological polar surface area (TPSA) is 0 Å². The molecule has 0 amide bonds. The predicted molar refractivity (Wildman–Crippen MR) is 71.8 cm³/mol. The van der Waals surface area contributed by atoms with Gasteiger partial charge in [-0.3, -0.25) is 0 Å². The van der Waals surface area contributed by atoms with Gasteiger partial charge in [0.1, 0.15) is 0 Å². The van der Waals surface area contributed by atoms with E-state index in [1.54, 1.807) is 22.3 Å². The van der Waals surface area contributed by atoms with Gasteiger partial charge in [-0.25, -0.2) is 0 Å². The number of unbranched alkanes of at least 4 members (excludes halogenated alkanes) is 1. The Labute approximate surface area is 99.4 Å². The summed E-state index contributed by atoms with van der Waals surface area (Å²) in [6.07, 6.45) is 5.00. The predicted octanol–water partition coefficient (Wildman–Crippen LogP) is 4.69. The average Bonchev–Trinajstić information content (AvgIpc) is 2.57. The monoisotopic (exact) mass is 214 g/mol. The van der Waals surface area contributed by atoms with E-state index in [1.807, 2.05) is 0 Å². The van der Waals surface area contributed by atoms with Gasteiger partial charge in [0.25, 0.3) is 0 Å². The Balaban J connectivity index is 2.45. The molecule has 1 aromatic rings. The Hall–Kier alpha value is -1.04.